The zero-order valence-electron chi connectivity index (χ0n) is 12.9. The van der Waals surface area contributed by atoms with Gasteiger partial charge in [-0.1, -0.05) is 19.9 Å². The van der Waals surface area contributed by atoms with Crippen LogP contribution in [0.5, 0.6) is 5.75 Å². The lowest BCUT2D eigenvalue weighted by Crippen LogP contribution is -2.40. The predicted molar refractivity (Wildman–Crippen MR) is 80.5 cm³/mol. The van der Waals surface area contributed by atoms with E-state index in [1.54, 1.807) is 13.2 Å². The predicted octanol–water partition coefficient (Wildman–Crippen LogP) is 4.31. The highest BCUT2D eigenvalue weighted by atomic mass is 19.1. The quantitative estimate of drug-likeness (QED) is 0.886. The molecule has 2 rings (SSSR count). The van der Waals surface area contributed by atoms with E-state index in [9.17, 15) is 4.39 Å². The van der Waals surface area contributed by atoms with E-state index in [0.717, 1.165) is 5.92 Å². The zero-order valence-corrected chi connectivity index (χ0v) is 12.9. The van der Waals surface area contributed by atoms with E-state index in [4.69, 9.17) is 4.74 Å². The van der Waals surface area contributed by atoms with Gasteiger partial charge in [0.2, 0.25) is 0 Å². The number of benzene rings is 1. The van der Waals surface area contributed by atoms with Crippen LogP contribution in [-0.4, -0.2) is 13.2 Å². The molecule has 4 atom stereocenters. The second kappa shape index (κ2) is 6.57. The molecule has 1 aliphatic rings. The number of rotatable bonds is 4. The van der Waals surface area contributed by atoms with Crippen LogP contribution in [0.25, 0.3) is 0 Å². The van der Waals surface area contributed by atoms with E-state index in [2.05, 4.69) is 19.2 Å². The Morgan fingerprint density at radius 3 is 2.70 bits per heavy atom. The van der Waals surface area contributed by atoms with Crippen LogP contribution in [-0.2, 0) is 0 Å². The van der Waals surface area contributed by atoms with Crippen molar-refractivity contribution < 1.29 is 9.13 Å². The molecule has 3 heteroatoms. The summed E-state index contributed by atoms with van der Waals surface area (Å²) in [4.78, 5) is 0. The largest absolute Gasteiger partial charge is 0.496 e. The molecule has 0 saturated heterocycles. The first-order chi connectivity index (χ1) is 9.52. The molecule has 1 N–H and O–H groups in total. The molecule has 0 aromatic heterocycles. The number of hydrogen-bond donors (Lipinski definition) is 1. The van der Waals surface area contributed by atoms with Gasteiger partial charge in [-0.25, -0.2) is 4.39 Å². The van der Waals surface area contributed by atoms with Gasteiger partial charge in [0.1, 0.15) is 11.6 Å². The molecule has 4 unspecified atom stereocenters. The molecule has 0 heterocycles. The van der Waals surface area contributed by atoms with Crippen LogP contribution in [0.4, 0.5) is 4.39 Å². The topological polar surface area (TPSA) is 21.3 Å². The van der Waals surface area contributed by atoms with Crippen molar-refractivity contribution in [1.82, 2.24) is 5.32 Å². The monoisotopic (exact) mass is 279 g/mol. The van der Waals surface area contributed by atoms with Crippen molar-refractivity contribution in [3.63, 3.8) is 0 Å². The van der Waals surface area contributed by atoms with Gasteiger partial charge in [0.05, 0.1) is 7.11 Å². The Morgan fingerprint density at radius 1 is 1.30 bits per heavy atom. The number of hydrogen-bond acceptors (Lipinski definition) is 2. The molecule has 1 fully saturated rings. The van der Waals surface area contributed by atoms with Crippen molar-refractivity contribution in [1.29, 1.82) is 0 Å². The van der Waals surface area contributed by atoms with Crippen molar-refractivity contribution in [2.45, 2.75) is 52.1 Å². The molecule has 20 heavy (non-hydrogen) atoms. The highest BCUT2D eigenvalue weighted by Gasteiger charge is 2.27. The second-order valence-corrected chi connectivity index (χ2v) is 6.25. The number of ether oxygens (including phenoxy) is 1. The highest BCUT2D eigenvalue weighted by molar-refractivity contribution is 5.37. The smallest absolute Gasteiger partial charge is 0.131 e. The van der Waals surface area contributed by atoms with Crippen molar-refractivity contribution >= 4 is 0 Å². The minimum atomic E-state index is -0.193. The summed E-state index contributed by atoms with van der Waals surface area (Å²) < 4.78 is 19.4. The first kappa shape index (κ1) is 15.3. The molecule has 1 saturated carbocycles. The van der Waals surface area contributed by atoms with Gasteiger partial charge in [-0.3, -0.25) is 0 Å². The maximum atomic E-state index is 14.1. The zero-order chi connectivity index (χ0) is 14.7. The van der Waals surface area contributed by atoms with Crippen molar-refractivity contribution in [2.75, 3.05) is 7.11 Å². The Bertz CT molecular complexity index is 449. The lowest BCUT2D eigenvalue weighted by atomic mass is 9.79. The summed E-state index contributed by atoms with van der Waals surface area (Å²) in [5.74, 6) is 1.88. The first-order valence-electron chi connectivity index (χ1n) is 7.61. The summed E-state index contributed by atoms with van der Waals surface area (Å²) in [5.41, 5.74) is 0.640. The second-order valence-electron chi connectivity index (χ2n) is 6.25. The van der Waals surface area contributed by atoms with E-state index in [0.29, 0.717) is 23.3 Å². The fraction of sp³-hybridized carbons (Fsp3) is 0.647. The third-order valence-electron chi connectivity index (χ3n) is 4.56. The normalized spacial score (nSPS) is 28.1. The lowest BCUT2D eigenvalue weighted by Gasteiger charge is -2.35. The average molecular weight is 279 g/mol. The highest BCUT2D eigenvalue weighted by Crippen LogP contribution is 2.32. The minimum absolute atomic E-state index is 0.0352. The fourth-order valence-electron chi connectivity index (χ4n) is 3.43. The maximum Gasteiger partial charge on any atom is 0.131 e. The molecule has 0 spiro atoms. The van der Waals surface area contributed by atoms with Crippen LogP contribution < -0.4 is 10.1 Å². The van der Waals surface area contributed by atoms with Gasteiger partial charge >= 0.3 is 0 Å². The number of halogens is 1. The summed E-state index contributed by atoms with van der Waals surface area (Å²) >= 11 is 0. The standard InChI is InChI=1S/C17H26FNO/c1-11-8-9-15(12(2)10-11)19-13(3)17-14(18)6-5-7-16(17)20-4/h5-7,11-13,15,19H,8-10H2,1-4H3. The fourth-order valence-corrected chi connectivity index (χ4v) is 3.43. The molecule has 0 aliphatic heterocycles. The Hall–Kier alpha value is -1.09. The lowest BCUT2D eigenvalue weighted by molar-refractivity contribution is 0.214. The molecule has 1 aromatic rings. The Balaban J connectivity index is 2.10. The van der Waals surface area contributed by atoms with Gasteiger partial charge in [-0.05, 0) is 50.2 Å². The van der Waals surface area contributed by atoms with Crippen molar-refractivity contribution in [3.8, 4) is 5.75 Å². The van der Waals surface area contributed by atoms with Gasteiger partial charge in [0.25, 0.3) is 0 Å². The molecule has 2 nitrogen and oxygen atoms in total. The van der Waals surface area contributed by atoms with Crippen LogP contribution in [0.3, 0.4) is 0 Å². The summed E-state index contributed by atoms with van der Waals surface area (Å²) in [5, 5.41) is 3.60. The van der Waals surface area contributed by atoms with Gasteiger partial charge in [-0.15, -0.1) is 0 Å². The summed E-state index contributed by atoms with van der Waals surface area (Å²) in [6.07, 6.45) is 3.67. The van der Waals surface area contributed by atoms with E-state index >= 15 is 0 Å². The summed E-state index contributed by atoms with van der Waals surface area (Å²) in [6.45, 7) is 6.63. The van der Waals surface area contributed by atoms with Gasteiger partial charge < -0.3 is 10.1 Å². The third-order valence-corrected chi connectivity index (χ3v) is 4.56. The maximum absolute atomic E-state index is 14.1. The summed E-state index contributed by atoms with van der Waals surface area (Å²) in [7, 11) is 1.59. The van der Waals surface area contributed by atoms with E-state index in [-0.39, 0.29) is 11.9 Å². The van der Waals surface area contributed by atoms with E-state index < -0.39 is 0 Å². The number of methoxy groups -OCH3 is 1. The van der Waals surface area contributed by atoms with Gasteiger partial charge in [0, 0.05) is 17.6 Å². The first-order valence-corrected chi connectivity index (χ1v) is 7.61. The molecule has 0 radical (unpaired) electrons. The van der Waals surface area contributed by atoms with Crippen molar-refractivity contribution in [2.24, 2.45) is 11.8 Å². The molecule has 112 valence electrons. The molecule has 0 bridgehead atoms. The van der Waals surface area contributed by atoms with Crippen LogP contribution >= 0.6 is 0 Å². The SMILES string of the molecule is COc1cccc(F)c1C(C)NC1CCC(C)CC1C. The van der Waals surface area contributed by atoms with E-state index in [1.807, 2.05) is 13.0 Å². The summed E-state index contributed by atoms with van der Waals surface area (Å²) in [6, 6.07) is 5.44. The minimum Gasteiger partial charge on any atom is -0.496 e. The Kier molecular flexibility index (Phi) is 5.03. The van der Waals surface area contributed by atoms with Crippen LogP contribution in [0.15, 0.2) is 18.2 Å². The molecule has 1 aliphatic carbocycles. The Labute approximate surface area is 121 Å². The molecule has 0 amide bonds. The van der Waals surface area contributed by atoms with Crippen molar-refractivity contribution in [3.05, 3.63) is 29.6 Å². The third kappa shape index (κ3) is 3.32. The molecular weight excluding hydrogens is 253 g/mol. The number of nitrogens with one attached hydrogen (secondary N) is 1. The Morgan fingerprint density at radius 2 is 2.05 bits per heavy atom. The van der Waals surface area contributed by atoms with E-state index in [1.165, 1.54) is 25.3 Å². The van der Waals surface area contributed by atoms with Gasteiger partial charge in [0.15, 0.2) is 0 Å². The average Bonchev–Trinajstić information content (AvgIpc) is 2.41. The van der Waals surface area contributed by atoms with Crippen LogP contribution in [0.1, 0.15) is 51.6 Å². The van der Waals surface area contributed by atoms with Crippen LogP contribution in [0, 0.1) is 17.7 Å². The molecule has 1 aromatic carbocycles. The van der Waals surface area contributed by atoms with Gasteiger partial charge in [-0.2, -0.15) is 0 Å². The van der Waals surface area contributed by atoms with Crippen LogP contribution in [0.2, 0.25) is 0 Å². The molecular formula is C17H26FNO.